The lowest BCUT2D eigenvalue weighted by Gasteiger charge is -2.35. The van der Waals surface area contributed by atoms with Crippen LogP contribution in [0.2, 0.25) is 0 Å². The molecule has 8 nitrogen and oxygen atoms in total. The van der Waals surface area contributed by atoms with Crippen LogP contribution in [-0.4, -0.2) is 75.2 Å². The maximum Gasteiger partial charge on any atom is 0.218 e. The van der Waals surface area contributed by atoms with Crippen molar-refractivity contribution in [2.45, 2.75) is 12.7 Å². The zero-order valence-corrected chi connectivity index (χ0v) is 17.5. The maximum absolute atomic E-state index is 12.8. The molecule has 0 saturated carbocycles. The van der Waals surface area contributed by atoms with Crippen LogP contribution in [0.15, 0.2) is 36.4 Å². The van der Waals surface area contributed by atoms with Gasteiger partial charge in [-0.3, -0.25) is 0 Å². The van der Waals surface area contributed by atoms with E-state index in [1.165, 1.54) is 0 Å². The fourth-order valence-corrected chi connectivity index (χ4v) is 5.24. The van der Waals surface area contributed by atoms with E-state index in [1.54, 1.807) is 4.31 Å². The quantitative estimate of drug-likeness (QED) is 0.725. The molecule has 0 radical (unpaired) electrons. The van der Waals surface area contributed by atoms with Crippen molar-refractivity contribution in [3.63, 3.8) is 0 Å². The van der Waals surface area contributed by atoms with E-state index >= 15 is 0 Å². The zero-order valence-electron chi connectivity index (χ0n) is 16.7. The molecule has 1 aromatic heterocycles. The highest BCUT2D eigenvalue weighted by Gasteiger charge is 2.28. The SMILES string of the molecule is Cc1nc(N2CCOCC2)cc(N2CCN(S(=O)(=O)Cc3ccccc3)CC2)n1. The number of benzene rings is 1. The molecule has 0 aliphatic carbocycles. The summed E-state index contributed by atoms with van der Waals surface area (Å²) >= 11 is 0. The fraction of sp³-hybridized carbons (Fsp3) is 0.500. The standard InChI is InChI=1S/C20H27N5O3S/c1-17-21-19(15-20(22-17)24-11-13-28-14-12-24)23-7-9-25(10-8-23)29(26,27)16-18-5-3-2-4-6-18/h2-6,15H,7-14,16H2,1H3. The molecule has 2 aliphatic rings. The summed E-state index contributed by atoms with van der Waals surface area (Å²) in [6.45, 7) is 7.11. The Morgan fingerprint density at radius 3 is 2.10 bits per heavy atom. The third-order valence-corrected chi connectivity index (χ3v) is 7.14. The minimum atomic E-state index is -3.32. The number of anilines is 2. The Hall–Kier alpha value is -2.23. The fourth-order valence-electron chi connectivity index (χ4n) is 3.72. The van der Waals surface area contributed by atoms with Gasteiger partial charge in [0.15, 0.2) is 0 Å². The van der Waals surface area contributed by atoms with Crippen LogP contribution in [0.3, 0.4) is 0 Å². The Kier molecular flexibility index (Phi) is 5.98. The molecule has 29 heavy (non-hydrogen) atoms. The number of piperazine rings is 1. The van der Waals surface area contributed by atoms with Gasteiger partial charge in [0.2, 0.25) is 10.0 Å². The van der Waals surface area contributed by atoms with Gasteiger partial charge >= 0.3 is 0 Å². The first-order valence-corrected chi connectivity index (χ1v) is 11.6. The Bertz CT molecular complexity index is 924. The van der Waals surface area contributed by atoms with Gasteiger partial charge in [-0.1, -0.05) is 30.3 Å². The predicted molar refractivity (Wildman–Crippen MR) is 113 cm³/mol. The molecule has 156 valence electrons. The lowest BCUT2D eigenvalue weighted by atomic mass is 10.2. The van der Waals surface area contributed by atoms with Gasteiger partial charge in [-0.25, -0.2) is 18.4 Å². The van der Waals surface area contributed by atoms with Crippen molar-refractivity contribution in [3.05, 3.63) is 47.8 Å². The largest absolute Gasteiger partial charge is 0.378 e. The third-order valence-electron chi connectivity index (χ3n) is 5.29. The van der Waals surface area contributed by atoms with Crippen LogP contribution in [0.25, 0.3) is 0 Å². The van der Waals surface area contributed by atoms with E-state index in [4.69, 9.17) is 4.74 Å². The van der Waals surface area contributed by atoms with E-state index in [-0.39, 0.29) is 5.75 Å². The summed E-state index contributed by atoms with van der Waals surface area (Å²) in [5, 5.41) is 0. The van der Waals surface area contributed by atoms with Crippen LogP contribution in [0, 0.1) is 6.92 Å². The second-order valence-corrected chi connectivity index (χ2v) is 9.33. The second kappa shape index (κ2) is 8.64. The van der Waals surface area contributed by atoms with Crippen LogP contribution in [0.1, 0.15) is 11.4 Å². The highest BCUT2D eigenvalue weighted by Crippen LogP contribution is 2.22. The molecule has 4 rings (SSSR count). The number of morpholine rings is 1. The average molecular weight is 418 g/mol. The van der Waals surface area contributed by atoms with Crippen molar-refractivity contribution < 1.29 is 13.2 Å². The van der Waals surface area contributed by atoms with E-state index in [1.807, 2.05) is 43.3 Å². The van der Waals surface area contributed by atoms with Gasteiger partial charge in [0.25, 0.3) is 0 Å². The molecule has 2 aliphatic heterocycles. The highest BCUT2D eigenvalue weighted by atomic mass is 32.2. The summed E-state index contributed by atoms with van der Waals surface area (Å²) in [5.74, 6) is 2.54. The Balaban J connectivity index is 1.42. The molecule has 1 aromatic carbocycles. The van der Waals surface area contributed by atoms with Crippen molar-refractivity contribution in [2.24, 2.45) is 0 Å². The van der Waals surface area contributed by atoms with E-state index in [9.17, 15) is 8.42 Å². The summed E-state index contributed by atoms with van der Waals surface area (Å²) in [7, 11) is -3.32. The number of hydrogen-bond donors (Lipinski definition) is 0. The van der Waals surface area contributed by atoms with Gasteiger partial charge in [0.05, 0.1) is 19.0 Å². The van der Waals surface area contributed by atoms with Gasteiger partial charge in [0, 0.05) is 45.3 Å². The minimum Gasteiger partial charge on any atom is -0.378 e. The van der Waals surface area contributed by atoms with Crippen LogP contribution >= 0.6 is 0 Å². The van der Waals surface area contributed by atoms with E-state index < -0.39 is 10.0 Å². The van der Waals surface area contributed by atoms with Crippen LogP contribution in [0.5, 0.6) is 0 Å². The van der Waals surface area contributed by atoms with Crippen molar-refractivity contribution in [1.82, 2.24) is 14.3 Å². The Morgan fingerprint density at radius 1 is 0.897 bits per heavy atom. The summed E-state index contributed by atoms with van der Waals surface area (Å²) in [6.07, 6.45) is 0. The van der Waals surface area contributed by atoms with Gasteiger partial charge in [-0.2, -0.15) is 4.31 Å². The lowest BCUT2D eigenvalue weighted by molar-refractivity contribution is 0.122. The van der Waals surface area contributed by atoms with Gasteiger partial charge in [-0.15, -0.1) is 0 Å². The number of nitrogens with zero attached hydrogens (tertiary/aromatic N) is 5. The number of rotatable bonds is 5. The minimum absolute atomic E-state index is 0.0433. The molecular weight excluding hydrogens is 390 g/mol. The van der Waals surface area contributed by atoms with E-state index in [0.717, 1.165) is 36.1 Å². The zero-order chi connectivity index (χ0) is 20.3. The van der Waals surface area contributed by atoms with Crippen LogP contribution in [0.4, 0.5) is 11.6 Å². The van der Waals surface area contributed by atoms with Crippen molar-refractivity contribution in [2.75, 3.05) is 62.3 Å². The normalized spacial score (nSPS) is 18.8. The third kappa shape index (κ3) is 4.85. The van der Waals surface area contributed by atoms with E-state index in [2.05, 4.69) is 19.8 Å². The number of aromatic nitrogens is 2. The van der Waals surface area contributed by atoms with Gasteiger partial charge in [0.1, 0.15) is 17.5 Å². The van der Waals surface area contributed by atoms with Crippen molar-refractivity contribution in [3.8, 4) is 0 Å². The molecule has 2 aromatic rings. The van der Waals surface area contributed by atoms with E-state index in [0.29, 0.717) is 39.4 Å². The summed E-state index contributed by atoms with van der Waals surface area (Å²) in [6, 6.07) is 11.3. The highest BCUT2D eigenvalue weighted by molar-refractivity contribution is 7.88. The molecule has 0 unspecified atom stereocenters. The lowest BCUT2D eigenvalue weighted by Crippen LogP contribution is -2.49. The molecule has 9 heteroatoms. The second-order valence-electron chi connectivity index (χ2n) is 7.36. The first kappa shape index (κ1) is 20.1. The molecule has 3 heterocycles. The van der Waals surface area contributed by atoms with Crippen molar-refractivity contribution in [1.29, 1.82) is 0 Å². The number of aryl methyl sites for hydroxylation is 1. The first-order valence-electron chi connectivity index (χ1n) is 9.96. The molecule has 0 spiro atoms. The summed E-state index contributed by atoms with van der Waals surface area (Å²) in [5.41, 5.74) is 0.816. The predicted octanol–water partition coefficient (Wildman–Crippen LogP) is 1.27. The molecule has 2 fully saturated rings. The van der Waals surface area contributed by atoms with Gasteiger partial charge in [-0.05, 0) is 12.5 Å². The maximum atomic E-state index is 12.8. The first-order chi connectivity index (χ1) is 14.0. The molecular formula is C20H27N5O3S. The van der Waals surface area contributed by atoms with Gasteiger partial charge < -0.3 is 14.5 Å². The summed E-state index contributed by atoms with van der Waals surface area (Å²) in [4.78, 5) is 13.5. The summed E-state index contributed by atoms with van der Waals surface area (Å²) < 4.78 is 32.6. The molecule has 0 atom stereocenters. The molecule has 0 bridgehead atoms. The molecule has 2 saturated heterocycles. The number of ether oxygens (including phenoxy) is 1. The molecule has 0 N–H and O–H groups in total. The van der Waals surface area contributed by atoms with Crippen LogP contribution in [-0.2, 0) is 20.5 Å². The Labute approximate surface area is 172 Å². The Morgan fingerprint density at radius 2 is 1.48 bits per heavy atom. The van der Waals surface area contributed by atoms with Crippen LogP contribution < -0.4 is 9.80 Å². The molecule has 0 amide bonds. The number of hydrogen-bond acceptors (Lipinski definition) is 7. The average Bonchev–Trinajstić information content (AvgIpc) is 2.74. The van der Waals surface area contributed by atoms with Crippen molar-refractivity contribution >= 4 is 21.7 Å². The smallest absolute Gasteiger partial charge is 0.218 e. The topological polar surface area (TPSA) is 78.9 Å². The monoisotopic (exact) mass is 417 g/mol. The number of sulfonamides is 1.